The Hall–Kier alpha value is -3.05. The van der Waals surface area contributed by atoms with Gasteiger partial charge in [0.2, 0.25) is 15.9 Å². The van der Waals surface area contributed by atoms with Crippen LogP contribution in [0.4, 0.5) is 11.5 Å². The van der Waals surface area contributed by atoms with E-state index in [1.807, 2.05) is 29.0 Å². The molecule has 0 saturated carbocycles. The number of carbonyl (C=O) groups is 2. The first-order chi connectivity index (χ1) is 16.1. The summed E-state index contributed by atoms with van der Waals surface area (Å²) in [5.74, 6) is -0.382. The highest BCUT2D eigenvalue weighted by Crippen LogP contribution is 2.40. The van der Waals surface area contributed by atoms with Gasteiger partial charge in [0.1, 0.15) is 11.9 Å². The third-order valence-corrected chi connectivity index (χ3v) is 7.64. The van der Waals surface area contributed by atoms with E-state index >= 15 is 0 Å². The molecule has 2 aromatic carbocycles. The van der Waals surface area contributed by atoms with E-state index in [4.69, 9.17) is 21.7 Å². The van der Waals surface area contributed by atoms with Gasteiger partial charge in [-0.15, -0.1) is 0 Å². The number of benzene rings is 2. The second-order valence-electron chi connectivity index (χ2n) is 8.53. The van der Waals surface area contributed by atoms with Gasteiger partial charge in [-0.3, -0.25) is 14.5 Å². The number of aromatic nitrogens is 1. The lowest BCUT2D eigenvalue weighted by Gasteiger charge is -2.41. The van der Waals surface area contributed by atoms with Gasteiger partial charge in [-0.2, -0.15) is 0 Å². The van der Waals surface area contributed by atoms with Gasteiger partial charge < -0.3 is 4.90 Å². The minimum absolute atomic E-state index is 0.116. The van der Waals surface area contributed by atoms with Crippen molar-refractivity contribution in [2.75, 3.05) is 36.5 Å². The molecule has 1 saturated heterocycles. The van der Waals surface area contributed by atoms with Crippen LogP contribution in [0.5, 0.6) is 0 Å². The molecule has 2 aliphatic rings. The van der Waals surface area contributed by atoms with Crippen LogP contribution < -0.4 is 14.9 Å². The SMILES string of the molecule is CC(=O)N1C(=O)C2CN(CCN2C)c2nc3cc1cc(S(N)(=O)=O)c3cc2-c1ccccc1Cl. The van der Waals surface area contributed by atoms with Crippen molar-refractivity contribution in [2.45, 2.75) is 17.9 Å². The molecule has 5 rings (SSSR count). The molecule has 3 aromatic rings. The number of likely N-dealkylation sites (N-methyl/N-ethyl adjacent to an activating group) is 1. The summed E-state index contributed by atoms with van der Waals surface area (Å²) >= 11 is 6.52. The lowest BCUT2D eigenvalue weighted by molar-refractivity contribution is -0.128. The van der Waals surface area contributed by atoms with Gasteiger partial charge in [0.25, 0.3) is 5.91 Å². The van der Waals surface area contributed by atoms with E-state index in [-0.39, 0.29) is 16.0 Å². The molecule has 0 aliphatic carbocycles. The molecule has 1 unspecified atom stereocenters. The molecule has 2 amide bonds. The van der Waals surface area contributed by atoms with Crippen molar-refractivity contribution in [1.29, 1.82) is 0 Å². The summed E-state index contributed by atoms with van der Waals surface area (Å²) in [6, 6.07) is 11.1. The third-order valence-electron chi connectivity index (χ3n) is 6.36. The summed E-state index contributed by atoms with van der Waals surface area (Å²) in [6.45, 7) is 2.73. The molecular weight excluding hydrogens is 478 g/mol. The van der Waals surface area contributed by atoms with Crippen LogP contribution in [0.25, 0.3) is 22.0 Å². The fraction of sp³-hybridized carbons (Fsp3) is 0.261. The fourth-order valence-electron chi connectivity index (χ4n) is 4.65. The molecule has 11 heteroatoms. The summed E-state index contributed by atoms with van der Waals surface area (Å²) in [5.41, 5.74) is 1.74. The topological polar surface area (TPSA) is 117 Å². The first-order valence-corrected chi connectivity index (χ1v) is 12.5. The molecule has 1 aromatic heterocycles. The fourth-order valence-corrected chi connectivity index (χ4v) is 5.64. The van der Waals surface area contributed by atoms with Gasteiger partial charge in [0.15, 0.2) is 0 Å². The molecule has 0 radical (unpaired) electrons. The van der Waals surface area contributed by atoms with Crippen LogP contribution in [-0.2, 0) is 19.6 Å². The lowest BCUT2D eigenvalue weighted by Crippen LogP contribution is -2.59. The van der Waals surface area contributed by atoms with Crippen LogP contribution in [0.15, 0.2) is 47.4 Å². The summed E-state index contributed by atoms with van der Waals surface area (Å²) in [5, 5.41) is 6.34. The second-order valence-corrected chi connectivity index (χ2v) is 10.5. The van der Waals surface area contributed by atoms with Crippen molar-refractivity contribution in [2.24, 2.45) is 5.14 Å². The van der Waals surface area contributed by atoms with Crippen molar-refractivity contribution in [3.05, 3.63) is 47.5 Å². The molecule has 2 aliphatic heterocycles. The predicted octanol–water partition coefficient (Wildman–Crippen LogP) is 2.22. The van der Waals surface area contributed by atoms with Crippen molar-refractivity contribution in [3.8, 4) is 11.1 Å². The molecule has 2 N–H and O–H groups in total. The number of primary sulfonamides is 1. The van der Waals surface area contributed by atoms with E-state index in [0.717, 1.165) is 4.90 Å². The van der Waals surface area contributed by atoms with Gasteiger partial charge in [0.05, 0.1) is 16.1 Å². The molecule has 3 heterocycles. The molecule has 1 fully saturated rings. The highest BCUT2D eigenvalue weighted by molar-refractivity contribution is 7.89. The number of fused-ring (bicyclic) bond motifs is 5. The third kappa shape index (κ3) is 3.63. The lowest BCUT2D eigenvalue weighted by atomic mass is 10.0. The molecular formula is C23H22ClN5O4S. The van der Waals surface area contributed by atoms with E-state index in [9.17, 15) is 18.0 Å². The number of halogens is 1. The number of rotatable bonds is 2. The largest absolute Gasteiger partial charge is 0.353 e. The number of hydrogen-bond donors (Lipinski definition) is 1. The summed E-state index contributed by atoms with van der Waals surface area (Å²) in [6.07, 6.45) is 0. The number of imide groups is 1. The Labute approximate surface area is 201 Å². The maximum absolute atomic E-state index is 13.6. The molecule has 5 bridgehead atoms. The first-order valence-electron chi connectivity index (χ1n) is 10.6. The Morgan fingerprint density at radius 3 is 2.56 bits per heavy atom. The van der Waals surface area contributed by atoms with E-state index in [0.29, 0.717) is 47.1 Å². The van der Waals surface area contributed by atoms with Crippen molar-refractivity contribution in [1.82, 2.24) is 9.88 Å². The summed E-state index contributed by atoms with van der Waals surface area (Å²) < 4.78 is 25.2. The standard InChI is InChI=1S/C23H22ClN5O4S/c1-13(30)29-14-9-19-17(21(10-14)34(25,32)33)11-16(15-5-3-4-6-18(15)24)22(26-19)28-8-7-27(2)20(12-28)23(29)31/h3-6,9-11,20H,7-8,12H2,1-2H3,(H2,25,32,33). The zero-order valence-electron chi connectivity index (χ0n) is 18.5. The van der Waals surface area contributed by atoms with Crippen molar-refractivity contribution >= 4 is 55.8 Å². The highest BCUT2D eigenvalue weighted by atomic mass is 35.5. The number of anilines is 2. The van der Waals surface area contributed by atoms with Gasteiger partial charge >= 0.3 is 0 Å². The predicted molar refractivity (Wildman–Crippen MR) is 130 cm³/mol. The van der Waals surface area contributed by atoms with Crippen LogP contribution in [-0.4, -0.2) is 62.8 Å². The van der Waals surface area contributed by atoms with Gasteiger partial charge in [0, 0.05) is 48.1 Å². The Balaban J connectivity index is 1.93. The molecule has 0 spiro atoms. The molecule has 34 heavy (non-hydrogen) atoms. The number of amides is 2. The van der Waals surface area contributed by atoms with Crippen LogP contribution in [0.3, 0.4) is 0 Å². The van der Waals surface area contributed by atoms with Crippen LogP contribution in [0.2, 0.25) is 5.02 Å². The average molecular weight is 500 g/mol. The Bertz CT molecular complexity index is 1480. The maximum atomic E-state index is 13.6. The number of nitrogens with two attached hydrogens (primary N) is 1. The van der Waals surface area contributed by atoms with Crippen molar-refractivity contribution in [3.63, 3.8) is 0 Å². The van der Waals surface area contributed by atoms with Gasteiger partial charge in [-0.1, -0.05) is 29.8 Å². The van der Waals surface area contributed by atoms with Crippen LogP contribution in [0.1, 0.15) is 6.92 Å². The molecule has 1 atom stereocenters. The highest BCUT2D eigenvalue weighted by Gasteiger charge is 2.38. The van der Waals surface area contributed by atoms with E-state index < -0.39 is 27.9 Å². The zero-order chi connectivity index (χ0) is 24.4. The number of pyridine rings is 1. The van der Waals surface area contributed by atoms with E-state index in [1.54, 1.807) is 24.3 Å². The first kappa shape index (κ1) is 22.7. The van der Waals surface area contributed by atoms with Crippen LogP contribution in [0, 0.1) is 0 Å². The number of carbonyl (C=O) groups excluding carboxylic acids is 2. The Morgan fingerprint density at radius 2 is 1.88 bits per heavy atom. The van der Waals surface area contributed by atoms with Gasteiger partial charge in [-0.05, 0) is 31.3 Å². The van der Waals surface area contributed by atoms with Crippen LogP contribution >= 0.6 is 11.6 Å². The smallest absolute Gasteiger partial charge is 0.252 e. The molecule has 176 valence electrons. The minimum Gasteiger partial charge on any atom is -0.353 e. The maximum Gasteiger partial charge on any atom is 0.252 e. The summed E-state index contributed by atoms with van der Waals surface area (Å²) in [7, 11) is -2.40. The van der Waals surface area contributed by atoms with E-state index in [2.05, 4.69) is 0 Å². The molecule has 9 nitrogen and oxygen atoms in total. The average Bonchev–Trinajstić information content (AvgIpc) is 2.77. The monoisotopic (exact) mass is 499 g/mol. The number of sulfonamides is 1. The minimum atomic E-state index is -4.22. The van der Waals surface area contributed by atoms with Gasteiger partial charge in [-0.25, -0.2) is 23.4 Å². The quantitative estimate of drug-likeness (QED) is 0.574. The second kappa shape index (κ2) is 8.02. The zero-order valence-corrected chi connectivity index (χ0v) is 20.1. The number of nitrogens with zero attached hydrogens (tertiary/aromatic N) is 4. The number of piperazine rings is 1. The normalized spacial score (nSPS) is 18.7. The Kier molecular flexibility index (Phi) is 5.36. The van der Waals surface area contributed by atoms with E-state index in [1.165, 1.54) is 13.0 Å². The Morgan fingerprint density at radius 1 is 1.15 bits per heavy atom. The number of hydrogen-bond acceptors (Lipinski definition) is 7. The van der Waals surface area contributed by atoms with Crippen molar-refractivity contribution < 1.29 is 18.0 Å². The summed E-state index contributed by atoms with van der Waals surface area (Å²) in [4.78, 5) is 35.7.